The van der Waals surface area contributed by atoms with E-state index in [2.05, 4.69) is 11.9 Å². The van der Waals surface area contributed by atoms with Crippen molar-refractivity contribution in [3.63, 3.8) is 0 Å². The van der Waals surface area contributed by atoms with Crippen LogP contribution >= 0.6 is 0 Å². The summed E-state index contributed by atoms with van der Waals surface area (Å²) < 4.78 is 11.0. The monoisotopic (exact) mass is 380 g/mol. The first-order valence-electron chi connectivity index (χ1n) is 9.31. The quantitative estimate of drug-likeness (QED) is 0.712. The van der Waals surface area contributed by atoms with Gasteiger partial charge in [0.15, 0.2) is 6.61 Å². The van der Waals surface area contributed by atoms with Crippen molar-refractivity contribution in [3.8, 4) is 11.5 Å². The molecule has 0 saturated carbocycles. The van der Waals surface area contributed by atoms with E-state index < -0.39 is 0 Å². The zero-order valence-corrected chi connectivity index (χ0v) is 15.7. The van der Waals surface area contributed by atoms with Crippen LogP contribution in [-0.4, -0.2) is 43.0 Å². The number of carbonyl (C=O) groups excluding carboxylic acids is 2. The predicted octanol–water partition coefficient (Wildman–Crippen LogP) is 3.50. The number of amides is 2. The Labute approximate surface area is 164 Å². The predicted molar refractivity (Wildman–Crippen MR) is 108 cm³/mol. The largest absolute Gasteiger partial charge is 0.490 e. The minimum Gasteiger partial charge on any atom is -0.490 e. The number of ether oxygens (including phenoxy) is 2. The minimum absolute atomic E-state index is 0.00354. The summed E-state index contributed by atoms with van der Waals surface area (Å²) in [6.45, 7) is 5.62. The molecule has 1 saturated heterocycles. The Bertz CT molecular complexity index is 827. The van der Waals surface area contributed by atoms with E-state index in [1.54, 1.807) is 54.6 Å². The summed E-state index contributed by atoms with van der Waals surface area (Å²) in [6, 6.07) is 13.9. The van der Waals surface area contributed by atoms with Gasteiger partial charge in [0.2, 0.25) is 0 Å². The highest BCUT2D eigenvalue weighted by Gasteiger charge is 2.18. The molecule has 1 fully saturated rings. The highest BCUT2D eigenvalue weighted by atomic mass is 16.5. The molecule has 1 aliphatic heterocycles. The molecule has 0 aromatic heterocycles. The molecule has 0 unspecified atom stereocenters. The van der Waals surface area contributed by atoms with Crippen molar-refractivity contribution in [2.75, 3.05) is 31.6 Å². The van der Waals surface area contributed by atoms with Gasteiger partial charge in [-0.25, -0.2) is 0 Å². The Balaban J connectivity index is 1.55. The number of nitrogens with zero attached hydrogens (tertiary/aromatic N) is 1. The fourth-order valence-corrected chi connectivity index (χ4v) is 2.93. The van der Waals surface area contributed by atoms with Gasteiger partial charge in [0.05, 0.1) is 0 Å². The van der Waals surface area contributed by atoms with E-state index in [4.69, 9.17) is 9.47 Å². The SMILES string of the molecule is C=CCOc1ccc(C(=O)Nc2cccc(OCC(=O)N3CCCC3)c2)cc1. The van der Waals surface area contributed by atoms with Gasteiger partial charge in [-0.05, 0) is 49.2 Å². The molecule has 6 heteroatoms. The Morgan fingerprint density at radius 3 is 2.50 bits per heavy atom. The lowest BCUT2D eigenvalue weighted by Gasteiger charge is -2.15. The maximum atomic E-state index is 12.4. The summed E-state index contributed by atoms with van der Waals surface area (Å²) in [5.74, 6) is 0.972. The molecule has 1 N–H and O–H groups in total. The fourth-order valence-electron chi connectivity index (χ4n) is 2.93. The molecule has 28 heavy (non-hydrogen) atoms. The van der Waals surface area contributed by atoms with Gasteiger partial charge in [-0.3, -0.25) is 9.59 Å². The summed E-state index contributed by atoms with van der Waals surface area (Å²) in [5.41, 5.74) is 1.12. The number of likely N-dealkylation sites (tertiary alicyclic amines) is 1. The maximum absolute atomic E-state index is 12.4. The Kier molecular flexibility index (Phi) is 6.68. The summed E-state index contributed by atoms with van der Waals surface area (Å²) in [4.78, 5) is 26.3. The van der Waals surface area contributed by atoms with E-state index in [0.717, 1.165) is 25.9 Å². The highest BCUT2D eigenvalue weighted by Crippen LogP contribution is 2.19. The van der Waals surface area contributed by atoms with Gasteiger partial charge >= 0.3 is 0 Å². The molecule has 0 radical (unpaired) electrons. The number of rotatable bonds is 8. The molecule has 6 nitrogen and oxygen atoms in total. The molecule has 146 valence electrons. The molecule has 3 rings (SSSR count). The van der Waals surface area contributed by atoms with Gasteiger partial charge in [0, 0.05) is 30.4 Å². The standard InChI is InChI=1S/C22H24N2O4/c1-2-14-27-19-10-8-17(9-11-19)22(26)23-18-6-5-7-20(15-18)28-16-21(25)24-12-3-4-13-24/h2,5-11,15H,1,3-4,12-14,16H2,(H,23,26). The van der Waals surface area contributed by atoms with E-state index in [-0.39, 0.29) is 18.4 Å². The lowest BCUT2D eigenvalue weighted by molar-refractivity contribution is -0.132. The van der Waals surface area contributed by atoms with Crippen LogP contribution in [0.5, 0.6) is 11.5 Å². The number of nitrogens with one attached hydrogen (secondary N) is 1. The minimum atomic E-state index is -0.236. The van der Waals surface area contributed by atoms with E-state index in [1.807, 2.05) is 4.90 Å². The van der Waals surface area contributed by atoms with Crippen molar-refractivity contribution in [2.45, 2.75) is 12.8 Å². The van der Waals surface area contributed by atoms with E-state index in [0.29, 0.717) is 29.4 Å². The van der Waals surface area contributed by atoms with Gasteiger partial charge in [-0.15, -0.1) is 0 Å². The Hall–Kier alpha value is -3.28. The summed E-state index contributed by atoms with van der Waals surface area (Å²) >= 11 is 0. The molecular formula is C22H24N2O4. The van der Waals surface area contributed by atoms with Crippen LogP contribution in [0, 0.1) is 0 Å². The van der Waals surface area contributed by atoms with Crippen molar-refractivity contribution in [1.82, 2.24) is 4.90 Å². The summed E-state index contributed by atoms with van der Waals surface area (Å²) in [5, 5.41) is 2.83. The van der Waals surface area contributed by atoms with Crippen molar-refractivity contribution in [3.05, 3.63) is 66.7 Å². The summed E-state index contributed by atoms with van der Waals surface area (Å²) in [7, 11) is 0. The van der Waals surface area contributed by atoms with Crippen LogP contribution < -0.4 is 14.8 Å². The molecule has 2 amide bonds. The molecule has 1 aliphatic rings. The van der Waals surface area contributed by atoms with Crippen LogP contribution in [0.15, 0.2) is 61.2 Å². The number of anilines is 1. The van der Waals surface area contributed by atoms with Crippen molar-refractivity contribution in [1.29, 1.82) is 0 Å². The maximum Gasteiger partial charge on any atom is 0.260 e. The normalized spacial score (nSPS) is 13.1. The second kappa shape index (κ2) is 9.60. The lowest BCUT2D eigenvalue weighted by Crippen LogP contribution is -2.32. The smallest absolute Gasteiger partial charge is 0.260 e. The zero-order chi connectivity index (χ0) is 19.8. The molecule has 0 atom stereocenters. The van der Waals surface area contributed by atoms with Crippen molar-refractivity contribution >= 4 is 17.5 Å². The molecular weight excluding hydrogens is 356 g/mol. The number of carbonyl (C=O) groups is 2. The Morgan fingerprint density at radius 1 is 1.04 bits per heavy atom. The molecule has 2 aromatic rings. The van der Waals surface area contributed by atoms with Gasteiger partial charge < -0.3 is 19.7 Å². The number of hydrogen-bond acceptors (Lipinski definition) is 4. The van der Waals surface area contributed by atoms with Crippen molar-refractivity contribution in [2.24, 2.45) is 0 Å². The van der Waals surface area contributed by atoms with Gasteiger partial charge in [0.1, 0.15) is 18.1 Å². The second-order valence-electron chi connectivity index (χ2n) is 6.48. The van der Waals surface area contributed by atoms with Gasteiger partial charge in [-0.1, -0.05) is 18.7 Å². The topological polar surface area (TPSA) is 67.9 Å². The highest BCUT2D eigenvalue weighted by molar-refractivity contribution is 6.04. The first kappa shape index (κ1) is 19.5. The third kappa shape index (κ3) is 5.36. The van der Waals surface area contributed by atoms with Crippen LogP contribution in [0.2, 0.25) is 0 Å². The average molecular weight is 380 g/mol. The molecule has 2 aromatic carbocycles. The third-order valence-corrected chi connectivity index (χ3v) is 4.40. The van der Waals surface area contributed by atoms with Gasteiger partial charge in [0.25, 0.3) is 11.8 Å². The fraction of sp³-hybridized carbons (Fsp3) is 0.273. The molecule has 0 bridgehead atoms. The van der Waals surface area contributed by atoms with Crippen LogP contribution in [0.1, 0.15) is 23.2 Å². The lowest BCUT2D eigenvalue weighted by atomic mass is 10.2. The molecule has 1 heterocycles. The van der Waals surface area contributed by atoms with Gasteiger partial charge in [-0.2, -0.15) is 0 Å². The second-order valence-corrected chi connectivity index (χ2v) is 6.48. The summed E-state index contributed by atoms with van der Waals surface area (Å²) in [6.07, 6.45) is 3.76. The first-order chi connectivity index (χ1) is 13.7. The van der Waals surface area contributed by atoms with E-state index in [9.17, 15) is 9.59 Å². The number of benzene rings is 2. The Morgan fingerprint density at radius 2 is 1.79 bits per heavy atom. The average Bonchev–Trinajstić information content (AvgIpc) is 3.26. The van der Waals surface area contributed by atoms with E-state index in [1.165, 1.54) is 0 Å². The third-order valence-electron chi connectivity index (χ3n) is 4.40. The van der Waals surface area contributed by atoms with E-state index >= 15 is 0 Å². The van der Waals surface area contributed by atoms with Crippen LogP contribution in [0.3, 0.4) is 0 Å². The molecule has 0 spiro atoms. The first-order valence-corrected chi connectivity index (χ1v) is 9.31. The van der Waals surface area contributed by atoms with Crippen LogP contribution in [-0.2, 0) is 4.79 Å². The number of hydrogen-bond donors (Lipinski definition) is 1. The zero-order valence-electron chi connectivity index (χ0n) is 15.7. The van der Waals surface area contributed by atoms with Crippen molar-refractivity contribution < 1.29 is 19.1 Å². The van der Waals surface area contributed by atoms with Crippen LogP contribution in [0.4, 0.5) is 5.69 Å². The van der Waals surface area contributed by atoms with Crippen LogP contribution in [0.25, 0.3) is 0 Å². The molecule has 0 aliphatic carbocycles.